The van der Waals surface area contributed by atoms with Gasteiger partial charge in [-0.2, -0.15) is 0 Å². The van der Waals surface area contributed by atoms with E-state index >= 15 is 0 Å². The third-order valence-corrected chi connectivity index (χ3v) is 6.08. The molecule has 0 bridgehead atoms. The van der Waals surface area contributed by atoms with E-state index in [1.807, 2.05) is 12.1 Å². The van der Waals surface area contributed by atoms with E-state index in [9.17, 15) is 14.4 Å². The Morgan fingerprint density at radius 1 is 1.04 bits per heavy atom. The molecule has 6 nitrogen and oxygen atoms in total. The Labute approximate surface area is 165 Å². The van der Waals surface area contributed by atoms with Gasteiger partial charge in [0, 0.05) is 19.5 Å². The predicted octanol–water partition coefficient (Wildman–Crippen LogP) is 2.17. The molecular formula is C22H26N2O4. The summed E-state index contributed by atoms with van der Waals surface area (Å²) < 4.78 is 4.85. The van der Waals surface area contributed by atoms with Crippen LogP contribution in [0.4, 0.5) is 0 Å². The second-order valence-electron chi connectivity index (χ2n) is 7.81. The number of rotatable bonds is 4. The lowest BCUT2D eigenvalue weighted by Crippen LogP contribution is -2.51. The summed E-state index contributed by atoms with van der Waals surface area (Å²) in [6.07, 6.45) is 6.13. The number of fused-ring (bicyclic) bond motifs is 1. The van der Waals surface area contributed by atoms with E-state index in [0.717, 1.165) is 24.8 Å². The van der Waals surface area contributed by atoms with E-state index in [2.05, 4.69) is 18.2 Å². The maximum absolute atomic E-state index is 13.1. The van der Waals surface area contributed by atoms with Crippen LogP contribution in [0.2, 0.25) is 0 Å². The molecule has 2 saturated heterocycles. The summed E-state index contributed by atoms with van der Waals surface area (Å²) in [4.78, 5) is 41.4. The molecule has 2 fully saturated rings. The van der Waals surface area contributed by atoms with Gasteiger partial charge in [-0.3, -0.25) is 9.59 Å². The minimum Gasteiger partial charge on any atom is -0.467 e. The molecule has 4 rings (SSSR count). The molecule has 1 aromatic rings. The number of hydrogen-bond donors (Lipinski definition) is 0. The van der Waals surface area contributed by atoms with E-state index in [4.69, 9.17) is 4.74 Å². The Balaban J connectivity index is 1.43. The van der Waals surface area contributed by atoms with Crippen molar-refractivity contribution in [3.63, 3.8) is 0 Å². The number of benzene rings is 1. The van der Waals surface area contributed by atoms with Crippen LogP contribution in [-0.4, -0.2) is 59.9 Å². The van der Waals surface area contributed by atoms with Crippen LogP contribution in [0.5, 0.6) is 0 Å². The monoisotopic (exact) mass is 382 g/mol. The quantitative estimate of drug-likeness (QED) is 0.749. The van der Waals surface area contributed by atoms with Crippen molar-refractivity contribution >= 4 is 23.9 Å². The summed E-state index contributed by atoms with van der Waals surface area (Å²) in [6.45, 7) is 1.16. The second-order valence-corrected chi connectivity index (χ2v) is 7.81. The molecule has 1 aliphatic carbocycles. The summed E-state index contributed by atoms with van der Waals surface area (Å²) >= 11 is 0. The molecule has 2 atom stereocenters. The number of methoxy groups -OCH3 is 1. The van der Waals surface area contributed by atoms with Gasteiger partial charge in [0.15, 0.2) is 0 Å². The number of esters is 1. The molecule has 1 aromatic carbocycles. The van der Waals surface area contributed by atoms with E-state index in [-0.39, 0.29) is 17.8 Å². The van der Waals surface area contributed by atoms with Crippen LogP contribution in [-0.2, 0) is 25.5 Å². The fraction of sp³-hybridized carbons (Fsp3) is 0.500. The van der Waals surface area contributed by atoms with Crippen LogP contribution >= 0.6 is 0 Å². The van der Waals surface area contributed by atoms with Gasteiger partial charge in [-0.05, 0) is 43.2 Å². The summed E-state index contributed by atoms with van der Waals surface area (Å²) in [6, 6.07) is 7.20. The maximum atomic E-state index is 13.1. The molecule has 0 aromatic heterocycles. The molecule has 0 spiro atoms. The van der Waals surface area contributed by atoms with Crippen molar-refractivity contribution in [1.82, 2.24) is 9.80 Å². The van der Waals surface area contributed by atoms with Gasteiger partial charge in [0.2, 0.25) is 11.8 Å². The standard InChI is InChI=1S/C22H26N2O4/c1-28-22(27)19-9-5-11-24(19)21(26)18-8-4-10-23(18)20(25)14-15-12-16-6-2-3-7-17(16)13-15/h2-3,6-7,12,18-19H,4-5,8-11,13-14H2,1H3/t18-,19-/m0/s1. The average molecular weight is 382 g/mol. The second kappa shape index (κ2) is 7.78. The van der Waals surface area contributed by atoms with Gasteiger partial charge in [0.1, 0.15) is 12.1 Å². The maximum Gasteiger partial charge on any atom is 0.328 e. The Hall–Kier alpha value is -2.63. The number of nitrogens with zero attached hydrogens (tertiary/aromatic N) is 2. The molecule has 6 heteroatoms. The summed E-state index contributed by atoms with van der Waals surface area (Å²) in [5.41, 5.74) is 3.52. The first-order valence-electron chi connectivity index (χ1n) is 10.0. The lowest BCUT2D eigenvalue weighted by molar-refractivity contribution is -0.153. The number of ether oxygens (including phenoxy) is 1. The minimum absolute atomic E-state index is 0.00345. The van der Waals surface area contributed by atoms with Gasteiger partial charge in [0.25, 0.3) is 0 Å². The average Bonchev–Trinajstić information content (AvgIpc) is 3.44. The van der Waals surface area contributed by atoms with E-state index in [0.29, 0.717) is 32.4 Å². The molecule has 28 heavy (non-hydrogen) atoms. The van der Waals surface area contributed by atoms with Gasteiger partial charge >= 0.3 is 5.97 Å². The Bertz CT molecular complexity index is 832. The number of likely N-dealkylation sites (tertiary alicyclic amines) is 2. The fourth-order valence-electron chi connectivity index (χ4n) is 4.69. The molecule has 2 amide bonds. The minimum atomic E-state index is -0.512. The topological polar surface area (TPSA) is 66.9 Å². The molecule has 2 heterocycles. The Kier molecular flexibility index (Phi) is 5.20. The number of carbonyl (C=O) groups excluding carboxylic acids is 3. The zero-order valence-corrected chi connectivity index (χ0v) is 16.2. The van der Waals surface area contributed by atoms with Crippen molar-refractivity contribution < 1.29 is 19.1 Å². The largest absolute Gasteiger partial charge is 0.467 e. The molecule has 148 valence electrons. The molecular weight excluding hydrogens is 356 g/mol. The highest BCUT2D eigenvalue weighted by Crippen LogP contribution is 2.30. The number of hydrogen-bond acceptors (Lipinski definition) is 4. The zero-order valence-electron chi connectivity index (χ0n) is 16.2. The molecule has 0 N–H and O–H groups in total. The van der Waals surface area contributed by atoms with E-state index in [1.54, 1.807) is 9.80 Å². The SMILES string of the molecule is COC(=O)[C@@H]1CCCN1C(=O)[C@@H]1CCCN1C(=O)CC1=Cc2ccccc2C1. The number of carbonyl (C=O) groups is 3. The first-order chi connectivity index (χ1) is 13.6. The van der Waals surface area contributed by atoms with Crippen LogP contribution in [0.25, 0.3) is 6.08 Å². The van der Waals surface area contributed by atoms with Crippen LogP contribution in [0.1, 0.15) is 43.2 Å². The molecule has 0 radical (unpaired) electrons. The zero-order chi connectivity index (χ0) is 19.7. The highest BCUT2D eigenvalue weighted by Gasteiger charge is 2.42. The summed E-state index contributed by atoms with van der Waals surface area (Å²) in [5, 5.41) is 0. The van der Waals surface area contributed by atoms with Crippen LogP contribution in [0.15, 0.2) is 29.8 Å². The molecule has 0 unspecified atom stereocenters. The van der Waals surface area contributed by atoms with Crippen molar-refractivity contribution in [2.75, 3.05) is 20.2 Å². The van der Waals surface area contributed by atoms with Gasteiger partial charge in [-0.1, -0.05) is 35.9 Å². The smallest absolute Gasteiger partial charge is 0.328 e. The summed E-state index contributed by atoms with van der Waals surface area (Å²) in [5.74, 6) is -0.471. The van der Waals surface area contributed by atoms with E-state index < -0.39 is 12.1 Å². The normalized spacial score (nSPS) is 23.5. The Morgan fingerprint density at radius 2 is 1.75 bits per heavy atom. The molecule has 3 aliphatic rings. The van der Waals surface area contributed by atoms with Crippen LogP contribution < -0.4 is 0 Å². The first kappa shape index (κ1) is 18.7. The predicted molar refractivity (Wildman–Crippen MR) is 104 cm³/mol. The van der Waals surface area contributed by atoms with Gasteiger partial charge < -0.3 is 14.5 Å². The third-order valence-electron chi connectivity index (χ3n) is 6.08. The molecule has 0 saturated carbocycles. The van der Waals surface area contributed by atoms with Crippen molar-refractivity contribution in [2.45, 2.75) is 50.6 Å². The van der Waals surface area contributed by atoms with Gasteiger partial charge in [-0.15, -0.1) is 0 Å². The highest BCUT2D eigenvalue weighted by molar-refractivity contribution is 5.92. The highest BCUT2D eigenvalue weighted by atomic mass is 16.5. The molecule has 2 aliphatic heterocycles. The van der Waals surface area contributed by atoms with Crippen LogP contribution in [0, 0.1) is 0 Å². The lowest BCUT2D eigenvalue weighted by atomic mass is 10.1. The third kappa shape index (κ3) is 3.43. The van der Waals surface area contributed by atoms with Crippen molar-refractivity contribution in [3.8, 4) is 0 Å². The van der Waals surface area contributed by atoms with E-state index in [1.165, 1.54) is 18.2 Å². The lowest BCUT2D eigenvalue weighted by Gasteiger charge is -2.30. The van der Waals surface area contributed by atoms with Crippen LogP contribution in [0.3, 0.4) is 0 Å². The van der Waals surface area contributed by atoms with Crippen molar-refractivity contribution in [3.05, 3.63) is 41.0 Å². The van der Waals surface area contributed by atoms with Crippen molar-refractivity contribution in [1.29, 1.82) is 0 Å². The van der Waals surface area contributed by atoms with Gasteiger partial charge in [-0.25, -0.2) is 4.79 Å². The van der Waals surface area contributed by atoms with Gasteiger partial charge in [0.05, 0.1) is 7.11 Å². The Morgan fingerprint density at radius 3 is 2.50 bits per heavy atom. The summed E-state index contributed by atoms with van der Waals surface area (Å²) in [7, 11) is 1.35. The van der Waals surface area contributed by atoms with Crippen molar-refractivity contribution in [2.24, 2.45) is 0 Å². The first-order valence-corrected chi connectivity index (χ1v) is 10.0. The fourth-order valence-corrected chi connectivity index (χ4v) is 4.69. The number of amides is 2.